The van der Waals surface area contributed by atoms with Crippen molar-refractivity contribution in [2.75, 3.05) is 39.2 Å². The van der Waals surface area contributed by atoms with E-state index in [1.54, 1.807) is 43.2 Å². The molecule has 7 heteroatoms. The van der Waals surface area contributed by atoms with Crippen molar-refractivity contribution in [3.8, 4) is 0 Å². The lowest BCUT2D eigenvalue weighted by atomic mass is 10.1. The van der Waals surface area contributed by atoms with Crippen LogP contribution in [0.4, 0.5) is 10.5 Å². The van der Waals surface area contributed by atoms with Crippen LogP contribution in [0.3, 0.4) is 0 Å². The first-order chi connectivity index (χ1) is 11.0. The number of anilines is 1. The van der Waals surface area contributed by atoms with Gasteiger partial charge in [0.05, 0.1) is 13.0 Å². The van der Waals surface area contributed by atoms with Crippen LogP contribution in [0.25, 0.3) is 0 Å². The van der Waals surface area contributed by atoms with Gasteiger partial charge in [-0.25, -0.2) is 4.79 Å². The van der Waals surface area contributed by atoms with E-state index in [4.69, 9.17) is 21.1 Å². The van der Waals surface area contributed by atoms with Gasteiger partial charge in [-0.05, 0) is 24.6 Å². The summed E-state index contributed by atoms with van der Waals surface area (Å²) in [5.74, 6) is -0.759. The topological polar surface area (TPSA) is 67.9 Å². The third-order valence-corrected chi connectivity index (χ3v) is 3.47. The van der Waals surface area contributed by atoms with Gasteiger partial charge in [0.2, 0.25) is 0 Å². The number of esters is 1. The number of hydrogen-bond acceptors (Lipinski definition) is 4. The van der Waals surface area contributed by atoms with E-state index in [9.17, 15) is 9.59 Å². The summed E-state index contributed by atoms with van der Waals surface area (Å²) in [6.07, 6.45) is 0.674. The van der Waals surface area contributed by atoms with Crippen LogP contribution < -0.4 is 5.32 Å². The summed E-state index contributed by atoms with van der Waals surface area (Å²) in [6.45, 7) is 3.00. The molecule has 1 rings (SSSR count). The zero-order valence-corrected chi connectivity index (χ0v) is 14.4. The fraction of sp³-hybridized carbons (Fsp3) is 0.500. The molecule has 0 heterocycles. The molecule has 0 bridgehead atoms. The predicted molar refractivity (Wildman–Crippen MR) is 89.7 cm³/mol. The highest BCUT2D eigenvalue weighted by Gasteiger charge is 2.21. The largest absolute Gasteiger partial charge is 0.469 e. The number of methoxy groups -OCH3 is 2. The van der Waals surface area contributed by atoms with Crippen molar-refractivity contribution >= 4 is 29.3 Å². The molecule has 1 N–H and O–H groups in total. The summed E-state index contributed by atoms with van der Waals surface area (Å²) >= 11 is 5.91. The molecule has 0 saturated carbocycles. The second kappa shape index (κ2) is 10.1. The molecule has 6 nitrogen and oxygen atoms in total. The number of urea groups is 1. The summed E-state index contributed by atoms with van der Waals surface area (Å²) in [7, 11) is 2.94. The normalized spacial score (nSPS) is 11.7. The van der Waals surface area contributed by atoms with Gasteiger partial charge < -0.3 is 19.7 Å². The van der Waals surface area contributed by atoms with Crippen LogP contribution in [0.5, 0.6) is 0 Å². The molecule has 23 heavy (non-hydrogen) atoms. The van der Waals surface area contributed by atoms with Gasteiger partial charge in [0.15, 0.2) is 0 Å². The fourth-order valence-electron chi connectivity index (χ4n) is 2.05. The van der Waals surface area contributed by atoms with Crippen LogP contribution in [0, 0.1) is 5.92 Å². The lowest BCUT2D eigenvalue weighted by Crippen LogP contribution is -2.40. The molecule has 1 atom stereocenters. The minimum Gasteiger partial charge on any atom is -0.469 e. The Labute approximate surface area is 141 Å². The molecule has 1 aromatic carbocycles. The number of carbonyl (C=O) groups is 2. The predicted octanol–water partition coefficient (Wildman–Crippen LogP) is 3.02. The third-order valence-electron chi connectivity index (χ3n) is 3.24. The quantitative estimate of drug-likeness (QED) is 0.582. The first-order valence-corrected chi connectivity index (χ1v) is 7.74. The Bertz CT molecular complexity index is 525. The van der Waals surface area contributed by atoms with Crippen molar-refractivity contribution in [3.63, 3.8) is 0 Å². The van der Waals surface area contributed by atoms with Crippen molar-refractivity contribution in [3.05, 3.63) is 29.3 Å². The Balaban J connectivity index is 2.72. The monoisotopic (exact) mass is 342 g/mol. The van der Waals surface area contributed by atoms with Gasteiger partial charge in [0.25, 0.3) is 0 Å². The molecule has 0 radical (unpaired) electrons. The average Bonchev–Trinajstić information content (AvgIpc) is 2.53. The van der Waals surface area contributed by atoms with Crippen LogP contribution in [0.1, 0.15) is 13.3 Å². The van der Waals surface area contributed by atoms with Crippen LogP contribution in [-0.2, 0) is 14.3 Å². The zero-order valence-electron chi connectivity index (χ0n) is 13.7. The lowest BCUT2D eigenvalue weighted by molar-refractivity contribution is -0.145. The molecule has 0 aromatic heterocycles. The summed E-state index contributed by atoms with van der Waals surface area (Å²) in [5.41, 5.74) is 0.602. The third kappa shape index (κ3) is 6.88. The van der Waals surface area contributed by atoms with E-state index >= 15 is 0 Å². The molecular formula is C16H23ClN2O4. The standard InChI is InChI=1S/C16H23ClN2O4/c1-12(15(20)23-3)11-19(8-5-9-22-2)16(21)18-14-7-4-6-13(17)10-14/h4,6-7,10,12H,5,8-9,11H2,1-3H3,(H,18,21). The number of nitrogens with zero attached hydrogens (tertiary/aromatic N) is 1. The number of amides is 2. The maximum Gasteiger partial charge on any atom is 0.321 e. The smallest absolute Gasteiger partial charge is 0.321 e. The van der Waals surface area contributed by atoms with Crippen LogP contribution in [0.2, 0.25) is 5.02 Å². The van der Waals surface area contributed by atoms with Crippen molar-refractivity contribution in [2.45, 2.75) is 13.3 Å². The highest BCUT2D eigenvalue weighted by Crippen LogP contribution is 2.16. The number of halogens is 1. The zero-order chi connectivity index (χ0) is 17.2. The molecule has 1 aromatic rings. The van der Waals surface area contributed by atoms with Crippen LogP contribution in [-0.4, -0.2) is 50.8 Å². The minimum atomic E-state index is -0.410. The number of carbonyl (C=O) groups excluding carboxylic acids is 2. The first kappa shape index (κ1) is 19.3. The van der Waals surface area contributed by atoms with Gasteiger partial charge in [0, 0.05) is 37.5 Å². The molecule has 1 unspecified atom stereocenters. The summed E-state index contributed by atoms with van der Waals surface area (Å²) in [4.78, 5) is 25.6. The van der Waals surface area contributed by atoms with Gasteiger partial charge in [-0.1, -0.05) is 24.6 Å². The second-order valence-electron chi connectivity index (χ2n) is 5.16. The molecular weight excluding hydrogens is 320 g/mol. The van der Waals surface area contributed by atoms with Gasteiger partial charge >= 0.3 is 12.0 Å². The molecule has 0 spiro atoms. The Hall–Kier alpha value is -1.79. The summed E-state index contributed by atoms with van der Waals surface area (Å²) < 4.78 is 9.72. The summed E-state index contributed by atoms with van der Waals surface area (Å²) in [5, 5.41) is 3.32. The highest BCUT2D eigenvalue weighted by molar-refractivity contribution is 6.30. The number of ether oxygens (including phenoxy) is 2. The lowest BCUT2D eigenvalue weighted by Gasteiger charge is -2.25. The number of nitrogens with one attached hydrogen (secondary N) is 1. The van der Waals surface area contributed by atoms with E-state index in [0.717, 1.165) is 0 Å². The van der Waals surface area contributed by atoms with Crippen molar-refractivity contribution < 1.29 is 19.1 Å². The molecule has 128 valence electrons. The van der Waals surface area contributed by atoms with E-state index in [0.29, 0.717) is 30.3 Å². The number of benzene rings is 1. The van der Waals surface area contributed by atoms with Gasteiger partial charge in [-0.3, -0.25) is 4.79 Å². The average molecular weight is 343 g/mol. The van der Waals surface area contributed by atoms with Gasteiger partial charge in [0.1, 0.15) is 0 Å². The van der Waals surface area contributed by atoms with E-state index in [1.807, 2.05) is 0 Å². The maximum atomic E-state index is 12.4. The molecule has 0 aliphatic carbocycles. The first-order valence-electron chi connectivity index (χ1n) is 7.36. The summed E-state index contributed by atoms with van der Waals surface area (Å²) in [6, 6.07) is 6.60. The second-order valence-corrected chi connectivity index (χ2v) is 5.59. The Morgan fingerprint density at radius 3 is 2.70 bits per heavy atom. The molecule has 2 amide bonds. The van der Waals surface area contributed by atoms with E-state index in [1.165, 1.54) is 7.11 Å². The minimum absolute atomic E-state index is 0.267. The molecule has 0 aliphatic heterocycles. The number of hydrogen-bond donors (Lipinski definition) is 1. The van der Waals surface area contributed by atoms with Gasteiger partial charge in [-0.15, -0.1) is 0 Å². The van der Waals surface area contributed by atoms with E-state index in [-0.39, 0.29) is 18.5 Å². The van der Waals surface area contributed by atoms with E-state index in [2.05, 4.69) is 5.32 Å². The molecule has 0 aliphatic rings. The highest BCUT2D eigenvalue weighted by atomic mass is 35.5. The Kier molecular flexibility index (Phi) is 8.43. The molecule has 0 fully saturated rings. The SMILES string of the molecule is COCCCN(CC(C)C(=O)OC)C(=O)Nc1cccc(Cl)c1. The van der Waals surface area contributed by atoms with Crippen molar-refractivity contribution in [1.82, 2.24) is 4.90 Å². The van der Waals surface area contributed by atoms with Gasteiger partial charge in [-0.2, -0.15) is 0 Å². The van der Waals surface area contributed by atoms with Crippen LogP contribution >= 0.6 is 11.6 Å². The number of rotatable bonds is 8. The molecule has 0 saturated heterocycles. The fourth-order valence-corrected chi connectivity index (χ4v) is 2.24. The van der Waals surface area contributed by atoms with Crippen molar-refractivity contribution in [2.24, 2.45) is 5.92 Å². The van der Waals surface area contributed by atoms with Crippen molar-refractivity contribution in [1.29, 1.82) is 0 Å². The Morgan fingerprint density at radius 1 is 1.35 bits per heavy atom. The maximum absolute atomic E-state index is 12.4. The van der Waals surface area contributed by atoms with E-state index < -0.39 is 5.92 Å². The Morgan fingerprint density at radius 2 is 2.09 bits per heavy atom. The van der Waals surface area contributed by atoms with Crippen LogP contribution in [0.15, 0.2) is 24.3 Å².